The summed E-state index contributed by atoms with van der Waals surface area (Å²) in [6, 6.07) is 0. The maximum absolute atomic E-state index is 13.5. The van der Waals surface area contributed by atoms with Crippen LogP contribution in [0.25, 0.3) is 0 Å². The van der Waals surface area contributed by atoms with E-state index in [-0.39, 0.29) is 20.9 Å². The highest BCUT2D eigenvalue weighted by molar-refractivity contribution is 6.75. The molecule has 11 nitrogen and oxygen atoms in total. The molecule has 1 aliphatic heterocycles. The first-order valence-electron chi connectivity index (χ1n) is 16.8. The lowest BCUT2D eigenvalue weighted by Crippen LogP contribution is -2.55. The standard InChI is InChI=1S/C32H64N4O7Si3/c1-17-18-19-20-39-29(38)35-24-21-33-36(28(37)34-24)27-26(43-46(15,16)32(8,9)10)25(42-45(13,14)31(5,6)7)23(41-27)22-40-44(11,12)30(2,3)4/h21,23,25-27H,17-20,22H2,1-16H3,(H,34,35,37,38)/t23-,25-,26-,27-/m1/s1. The molecule has 1 fully saturated rings. The molecule has 0 aromatic carbocycles. The van der Waals surface area contributed by atoms with E-state index in [2.05, 4.69) is 124 Å². The van der Waals surface area contributed by atoms with Gasteiger partial charge in [0.15, 0.2) is 37.0 Å². The lowest BCUT2D eigenvalue weighted by atomic mass is 10.1. The maximum atomic E-state index is 13.5. The number of nitrogens with one attached hydrogen (secondary N) is 1. The fraction of sp³-hybridized carbons (Fsp3) is 0.875. The molecule has 46 heavy (non-hydrogen) atoms. The predicted molar refractivity (Wildman–Crippen MR) is 192 cm³/mol. The summed E-state index contributed by atoms with van der Waals surface area (Å²) in [5.74, 6) is 0.00786. The minimum absolute atomic E-state index is 0.000223. The molecule has 1 aliphatic rings. The summed E-state index contributed by atoms with van der Waals surface area (Å²) >= 11 is 0. The molecule has 1 aromatic heterocycles. The van der Waals surface area contributed by atoms with Gasteiger partial charge in [0.1, 0.15) is 18.3 Å². The van der Waals surface area contributed by atoms with Crippen LogP contribution in [0.4, 0.5) is 10.6 Å². The van der Waals surface area contributed by atoms with Crippen LogP contribution < -0.4 is 11.0 Å². The van der Waals surface area contributed by atoms with Crippen molar-refractivity contribution in [2.24, 2.45) is 0 Å². The molecule has 0 unspecified atom stereocenters. The monoisotopic (exact) mass is 700 g/mol. The van der Waals surface area contributed by atoms with Crippen LogP contribution in [-0.2, 0) is 22.8 Å². The first-order valence-corrected chi connectivity index (χ1v) is 25.5. The Morgan fingerprint density at radius 3 is 1.87 bits per heavy atom. The number of carbonyl (C=O) groups excluding carboxylic acids is 1. The normalized spacial score (nSPS) is 21.8. The molecule has 0 radical (unpaired) electrons. The van der Waals surface area contributed by atoms with E-state index >= 15 is 0 Å². The second-order valence-corrected chi connectivity index (χ2v) is 31.5. The lowest BCUT2D eigenvalue weighted by Gasteiger charge is -2.44. The Hall–Kier alpha value is -1.43. The van der Waals surface area contributed by atoms with E-state index in [4.69, 9.17) is 22.8 Å². The summed E-state index contributed by atoms with van der Waals surface area (Å²) in [5.41, 5.74) is -0.672. The third-order valence-electron chi connectivity index (χ3n) is 10.3. The van der Waals surface area contributed by atoms with Gasteiger partial charge in [0.2, 0.25) is 0 Å². The molecule has 14 heteroatoms. The average molecular weight is 701 g/mol. The number of anilines is 1. The SMILES string of the molecule is CCCCCOC(=O)Nc1cnn([C@@H]2O[C@H](CO[Si](C)(C)C(C)(C)C)[C@@H](O[Si](C)(C)C(C)(C)C)[C@H]2O[Si](C)(C)C(C)(C)C)c(=O)n1. The van der Waals surface area contributed by atoms with E-state index in [1.165, 1.54) is 10.9 Å². The average Bonchev–Trinajstić information content (AvgIpc) is 3.19. The fourth-order valence-corrected chi connectivity index (χ4v) is 7.71. The summed E-state index contributed by atoms with van der Waals surface area (Å²) in [6.07, 6.45) is 0.846. The third-order valence-corrected chi connectivity index (χ3v) is 23.8. The van der Waals surface area contributed by atoms with E-state index in [9.17, 15) is 9.59 Å². The highest BCUT2D eigenvalue weighted by atomic mass is 28.4. The molecule has 0 bridgehead atoms. The molecular weight excluding hydrogens is 637 g/mol. The smallest absolute Gasteiger partial charge is 0.412 e. The summed E-state index contributed by atoms with van der Waals surface area (Å²) in [4.78, 5) is 29.9. The number of nitrogens with zero attached hydrogens (tertiary/aromatic N) is 3. The largest absolute Gasteiger partial charge is 0.449 e. The Morgan fingerprint density at radius 2 is 1.39 bits per heavy atom. The van der Waals surface area contributed by atoms with Gasteiger partial charge in [-0.1, -0.05) is 82.1 Å². The van der Waals surface area contributed by atoms with Crippen LogP contribution in [0.2, 0.25) is 54.4 Å². The van der Waals surface area contributed by atoms with Crippen LogP contribution in [0.1, 0.15) is 94.7 Å². The van der Waals surface area contributed by atoms with E-state index in [0.29, 0.717) is 13.2 Å². The number of amides is 1. The van der Waals surface area contributed by atoms with E-state index < -0.39 is 61.3 Å². The van der Waals surface area contributed by atoms with Gasteiger partial charge >= 0.3 is 11.8 Å². The van der Waals surface area contributed by atoms with Crippen LogP contribution in [0, 0.1) is 0 Å². The van der Waals surface area contributed by atoms with E-state index in [1.54, 1.807) is 0 Å². The van der Waals surface area contributed by atoms with Gasteiger partial charge in [-0.2, -0.15) is 14.8 Å². The topological polar surface area (TPSA) is 123 Å². The molecule has 2 heterocycles. The van der Waals surface area contributed by atoms with Crippen molar-refractivity contribution in [2.75, 3.05) is 18.5 Å². The van der Waals surface area contributed by atoms with Crippen molar-refractivity contribution in [1.29, 1.82) is 0 Å². The van der Waals surface area contributed by atoms with Crippen molar-refractivity contribution in [3.8, 4) is 0 Å². The van der Waals surface area contributed by atoms with E-state index in [0.717, 1.165) is 19.3 Å². The van der Waals surface area contributed by atoms with Gasteiger partial charge in [0.25, 0.3) is 0 Å². The fourth-order valence-electron chi connectivity index (χ4n) is 4.09. The van der Waals surface area contributed by atoms with Crippen LogP contribution >= 0.6 is 0 Å². The highest BCUT2D eigenvalue weighted by Gasteiger charge is 2.55. The second kappa shape index (κ2) is 15.0. The Morgan fingerprint density at radius 1 is 0.870 bits per heavy atom. The van der Waals surface area contributed by atoms with E-state index in [1.807, 2.05) is 0 Å². The molecule has 2 rings (SSSR count). The number of hydrogen-bond acceptors (Lipinski definition) is 9. The van der Waals surface area contributed by atoms with Crippen molar-refractivity contribution in [1.82, 2.24) is 14.8 Å². The van der Waals surface area contributed by atoms with Gasteiger partial charge in [-0.05, 0) is 60.8 Å². The Balaban J connectivity index is 2.57. The molecular formula is C32H64N4O7Si3. The molecule has 1 saturated heterocycles. The summed E-state index contributed by atoms with van der Waals surface area (Å²) in [7, 11) is -6.91. The van der Waals surface area contributed by atoms with Gasteiger partial charge in [-0.25, -0.2) is 9.59 Å². The van der Waals surface area contributed by atoms with Crippen LogP contribution in [-0.4, -0.2) is 77.3 Å². The van der Waals surface area contributed by atoms with Crippen molar-refractivity contribution >= 4 is 36.9 Å². The minimum atomic E-state index is -2.41. The van der Waals surface area contributed by atoms with Gasteiger partial charge in [0, 0.05) is 0 Å². The van der Waals surface area contributed by atoms with Crippen LogP contribution in [0.5, 0.6) is 0 Å². The molecule has 0 aliphatic carbocycles. The molecule has 266 valence electrons. The number of ether oxygens (including phenoxy) is 2. The third kappa shape index (κ3) is 10.3. The van der Waals surface area contributed by atoms with Crippen molar-refractivity contribution < 1.29 is 27.5 Å². The summed E-state index contributed by atoms with van der Waals surface area (Å²) in [5, 5.41) is 6.76. The van der Waals surface area contributed by atoms with Crippen molar-refractivity contribution in [2.45, 2.75) is 167 Å². The van der Waals surface area contributed by atoms with Gasteiger partial charge in [0.05, 0.1) is 19.4 Å². The van der Waals surface area contributed by atoms with Crippen molar-refractivity contribution in [3.63, 3.8) is 0 Å². The number of hydrogen-bond donors (Lipinski definition) is 1. The predicted octanol–water partition coefficient (Wildman–Crippen LogP) is 8.08. The van der Waals surface area contributed by atoms with Crippen LogP contribution in [0.15, 0.2) is 11.0 Å². The molecule has 1 N–H and O–H groups in total. The zero-order valence-corrected chi connectivity index (χ0v) is 34.6. The summed E-state index contributed by atoms with van der Waals surface area (Å²) in [6.45, 7) is 35.6. The van der Waals surface area contributed by atoms with Crippen molar-refractivity contribution in [3.05, 3.63) is 16.7 Å². The van der Waals surface area contributed by atoms with Crippen LogP contribution in [0.3, 0.4) is 0 Å². The zero-order valence-electron chi connectivity index (χ0n) is 31.6. The van der Waals surface area contributed by atoms with Gasteiger partial charge < -0.3 is 22.8 Å². The first kappa shape index (κ1) is 40.7. The second-order valence-electron chi connectivity index (χ2n) is 17.2. The Labute approximate surface area is 281 Å². The Kier molecular flexibility index (Phi) is 13.3. The minimum Gasteiger partial charge on any atom is -0.449 e. The molecule has 1 amide bonds. The molecule has 0 spiro atoms. The first-order chi connectivity index (χ1) is 20.7. The summed E-state index contributed by atoms with van der Waals surface area (Å²) < 4.78 is 34.1. The molecule has 1 aromatic rings. The number of rotatable bonds is 13. The Bertz CT molecular complexity index is 1220. The highest BCUT2D eigenvalue weighted by Crippen LogP contribution is 2.46. The van der Waals surface area contributed by atoms with Gasteiger partial charge in [-0.3, -0.25) is 5.32 Å². The lowest BCUT2D eigenvalue weighted by molar-refractivity contribution is -0.0577. The zero-order chi connectivity index (χ0) is 35.5. The number of carbonyl (C=O) groups is 1. The number of aromatic nitrogens is 3. The quantitative estimate of drug-likeness (QED) is 0.161. The van der Waals surface area contributed by atoms with Gasteiger partial charge in [-0.15, -0.1) is 0 Å². The maximum Gasteiger partial charge on any atom is 0.412 e. The molecule has 4 atom stereocenters. The number of unbranched alkanes of at least 4 members (excludes halogenated alkanes) is 2. The molecule has 0 saturated carbocycles.